The fourth-order valence-corrected chi connectivity index (χ4v) is 3.22. The second-order valence-electron chi connectivity index (χ2n) is 7.03. The van der Waals surface area contributed by atoms with Crippen molar-refractivity contribution in [3.8, 4) is 11.6 Å². The molecule has 0 radical (unpaired) electrons. The van der Waals surface area contributed by atoms with Gasteiger partial charge in [-0.25, -0.2) is 9.37 Å². The molecule has 0 bridgehead atoms. The largest absolute Gasteiger partial charge is 0.467 e. The minimum atomic E-state index is -0.387. The van der Waals surface area contributed by atoms with Gasteiger partial charge in [-0.3, -0.25) is 9.59 Å². The minimum absolute atomic E-state index is 0.0597. The molecule has 0 spiro atoms. The number of aromatic nitrogens is 1. The summed E-state index contributed by atoms with van der Waals surface area (Å²) in [6.07, 6.45) is 3.35. The second-order valence-corrected chi connectivity index (χ2v) is 7.03. The Labute approximate surface area is 172 Å². The second kappa shape index (κ2) is 8.77. The predicted molar refractivity (Wildman–Crippen MR) is 105 cm³/mol. The SMILES string of the molecule is O=C(NCc1ccc(Oc2ccc(F)cc2)nc1)C1CC(=O)N(Cc2ccco2)C1. The summed E-state index contributed by atoms with van der Waals surface area (Å²) in [7, 11) is 0. The van der Waals surface area contributed by atoms with Gasteiger partial charge in [-0.15, -0.1) is 0 Å². The highest BCUT2D eigenvalue weighted by Gasteiger charge is 2.34. The number of furan rings is 1. The summed E-state index contributed by atoms with van der Waals surface area (Å²) in [5.41, 5.74) is 0.798. The van der Waals surface area contributed by atoms with Crippen molar-refractivity contribution >= 4 is 11.8 Å². The number of amides is 2. The van der Waals surface area contributed by atoms with Gasteiger partial charge < -0.3 is 19.4 Å². The van der Waals surface area contributed by atoms with Gasteiger partial charge in [-0.1, -0.05) is 6.07 Å². The highest BCUT2D eigenvalue weighted by molar-refractivity contribution is 5.89. The molecule has 1 atom stereocenters. The molecule has 3 aromatic rings. The van der Waals surface area contributed by atoms with Crippen molar-refractivity contribution in [2.24, 2.45) is 5.92 Å². The Morgan fingerprint density at radius 1 is 1.23 bits per heavy atom. The summed E-state index contributed by atoms with van der Waals surface area (Å²) in [5, 5.41) is 2.85. The van der Waals surface area contributed by atoms with E-state index in [1.165, 1.54) is 24.3 Å². The van der Waals surface area contributed by atoms with Gasteiger partial charge in [0.2, 0.25) is 17.7 Å². The lowest BCUT2D eigenvalue weighted by molar-refractivity contribution is -0.129. The zero-order valence-corrected chi connectivity index (χ0v) is 16.1. The van der Waals surface area contributed by atoms with E-state index in [2.05, 4.69) is 10.3 Å². The first-order valence-corrected chi connectivity index (χ1v) is 9.53. The molecule has 1 aromatic carbocycles. The van der Waals surface area contributed by atoms with Gasteiger partial charge in [0.15, 0.2) is 0 Å². The van der Waals surface area contributed by atoms with Crippen LogP contribution >= 0.6 is 0 Å². The summed E-state index contributed by atoms with van der Waals surface area (Å²) < 4.78 is 23.8. The van der Waals surface area contributed by atoms with E-state index < -0.39 is 0 Å². The van der Waals surface area contributed by atoms with Crippen LogP contribution in [0.5, 0.6) is 11.6 Å². The number of halogens is 1. The van der Waals surface area contributed by atoms with Crippen LogP contribution in [0.3, 0.4) is 0 Å². The average Bonchev–Trinajstić information content (AvgIpc) is 3.39. The molecule has 1 unspecified atom stereocenters. The number of ether oxygens (including phenoxy) is 1. The maximum atomic E-state index is 12.9. The highest BCUT2D eigenvalue weighted by atomic mass is 19.1. The average molecular weight is 409 g/mol. The van der Waals surface area contributed by atoms with Crippen molar-refractivity contribution in [1.82, 2.24) is 15.2 Å². The molecule has 1 aliphatic heterocycles. The molecule has 1 N–H and O–H groups in total. The topological polar surface area (TPSA) is 84.7 Å². The first kappa shape index (κ1) is 19.6. The predicted octanol–water partition coefficient (Wildman–Crippen LogP) is 3.27. The van der Waals surface area contributed by atoms with Crippen LogP contribution < -0.4 is 10.1 Å². The van der Waals surface area contributed by atoms with Crippen molar-refractivity contribution in [2.75, 3.05) is 6.54 Å². The van der Waals surface area contributed by atoms with E-state index in [0.717, 1.165) is 5.56 Å². The molecule has 30 heavy (non-hydrogen) atoms. The monoisotopic (exact) mass is 409 g/mol. The Morgan fingerprint density at radius 3 is 2.77 bits per heavy atom. The van der Waals surface area contributed by atoms with Crippen LogP contribution in [0.25, 0.3) is 0 Å². The minimum Gasteiger partial charge on any atom is -0.467 e. The van der Waals surface area contributed by atoms with E-state index in [4.69, 9.17) is 9.15 Å². The molecule has 0 saturated carbocycles. The van der Waals surface area contributed by atoms with Crippen LogP contribution in [0.4, 0.5) is 4.39 Å². The normalized spacial score (nSPS) is 16.0. The van der Waals surface area contributed by atoms with Crippen LogP contribution in [-0.2, 0) is 22.7 Å². The zero-order valence-electron chi connectivity index (χ0n) is 16.1. The van der Waals surface area contributed by atoms with Crippen molar-refractivity contribution < 1.29 is 23.1 Å². The smallest absolute Gasteiger partial charge is 0.225 e. The number of nitrogens with zero attached hydrogens (tertiary/aromatic N) is 2. The van der Waals surface area contributed by atoms with Crippen LogP contribution in [0.15, 0.2) is 65.4 Å². The number of pyridine rings is 1. The van der Waals surface area contributed by atoms with Gasteiger partial charge in [0.1, 0.15) is 17.3 Å². The Bertz CT molecular complexity index is 1000. The Kier molecular flexibility index (Phi) is 5.74. The lowest BCUT2D eigenvalue weighted by Crippen LogP contribution is -2.32. The first-order valence-electron chi connectivity index (χ1n) is 9.53. The zero-order chi connectivity index (χ0) is 20.9. The quantitative estimate of drug-likeness (QED) is 0.647. The fraction of sp³-hybridized carbons (Fsp3) is 0.227. The number of hydrogen-bond acceptors (Lipinski definition) is 5. The summed E-state index contributed by atoms with van der Waals surface area (Å²) in [6.45, 7) is 1.04. The number of carbonyl (C=O) groups excluding carboxylic acids is 2. The molecule has 8 heteroatoms. The molecular weight excluding hydrogens is 389 g/mol. The third-order valence-corrected chi connectivity index (χ3v) is 4.81. The third-order valence-electron chi connectivity index (χ3n) is 4.81. The molecule has 7 nitrogen and oxygen atoms in total. The molecule has 1 fully saturated rings. The highest BCUT2D eigenvalue weighted by Crippen LogP contribution is 2.22. The molecule has 2 amide bonds. The van der Waals surface area contributed by atoms with Crippen molar-refractivity contribution in [3.63, 3.8) is 0 Å². The Balaban J connectivity index is 1.26. The summed E-state index contributed by atoms with van der Waals surface area (Å²) in [6, 6.07) is 12.7. The number of benzene rings is 1. The summed E-state index contributed by atoms with van der Waals surface area (Å²) >= 11 is 0. The molecule has 3 heterocycles. The summed E-state index contributed by atoms with van der Waals surface area (Å²) in [5.74, 6) is 0.587. The molecule has 1 saturated heterocycles. The summed E-state index contributed by atoms with van der Waals surface area (Å²) in [4.78, 5) is 30.4. The van der Waals surface area contributed by atoms with Gasteiger partial charge in [0, 0.05) is 31.8 Å². The van der Waals surface area contributed by atoms with Crippen molar-refractivity contribution in [3.05, 3.63) is 78.1 Å². The maximum absolute atomic E-state index is 12.9. The van der Waals surface area contributed by atoms with Crippen LogP contribution in [0.2, 0.25) is 0 Å². The van der Waals surface area contributed by atoms with Gasteiger partial charge >= 0.3 is 0 Å². The molecular formula is C22H20FN3O4. The lowest BCUT2D eigenvalue weighted by Gasteiger charge is -2.15. The molecule has 154 valence electrons. The number of hydrogen-bond donors (Lipinski definition) is 1. The molecule has 0 aliphatic carbocycles. The number of carbonyl (C=O) groups is 2. The van der Waals surface area contributed by atoms with E-state index in [1.807, 2.05) is 0 Å². The van der Waals surface area contributed by atoms with E-state index in [1.54, 1.807) is 41.6 Å². The van der Waals surface area contributed by atoms with E-state index in [-0.39, 0.29) is 30.0 Å². The molecule has 4 rings (SSSR count). The van der Waals surface area contributed by atoms with Crippen molar-refractivity contribution in [1.29, 1.82) is 0 Å². The maximum Gasteiger partial charge on any atom is 0.225 e. The third kappa shape index (κ3) is 4.83. The van der Waals surface area contributed by atoms with Crippen LogP contribution in [0.1, 0.15) is 17.7 Å². The standard InChI is InChI=1S/C22H20FN3O4/c23-17-4-6-18(7-5-17)30-20-8-3-15(11-24-20)12-25-22(28)16-10-21(27)26(13-16)14-19-2-1-9-29-19/h1-9,11,16H,10,12-14H2,(H,25,28). The number of likely N-dealkylation sites (tertiary alicyclic amines) is 1. The van der Waals surface area contributed by atoms with Gasteiger partial charge in [0.05, 0.1) is 18.7 Å². The van der Waals surface area contributed by atoms with E-state index in [9.17, 15) is 14.0 Å². The van der Waals surface area contributed by atoms with Crippen LogP contribution in [-0.4, -0.2) is 28.2 Å². The van der Waals surface area contributed by atoms with Gasteiger partial charge in [-0.2, -0.15) is 0 Å². The first-order chi connectivity index (χ1) is 14.6. The fourth-order valence-electron chi connectivity index (χ4n) is 3.22. The molecule has 2 aromatic heterocycles. The van der Waals surface area contributed by atoms with E-state index in [0.29, 0.717) is 37.0 Å². The van der Waals surface area contributed by atoms with Crippen LogP contribution in [0, 0.1) is 11.7 Å². The lowest BCUT2D eigenvalue weighted by atomic mass is 10.1. The Hall–Kier alpha value is -3.68. The van der Waals surface area contributed by atoms with E-state index >= 15 is 0 Å². The van der Waals surface area contributed by atoms with Gasteiger partial charge in [-0.05, 0) is 42.0 Å². The number of nitrogens with one attached hydrogen (secondary N) is 1. The molecule has 1 aliphatic rings. The number of rotatable bonds is 7. The Morgan fingerprint density at radius 2 is 2.07 bits per heavy atom. The van der Waals surface area contributed by atoms with Gasteiger partial charge in [0.25, 0.3) is 0 Å². The van der Waals surface area contributed by atoms with Crippen molar-refractivity contribution in [2.45, 2.75) is 19.5 Å².